The van der Waals surface area contributed by atoms with E-state index in [-0.39, 0.29) is 17.7 Å². The summed E-state index contributed by atoms with van der Waals surface area (Å²) in [7, 11) is 1.46. The number of rotatable bonds is 3. The van der Waals surface area contributed by atoms with Crippen LogP contribution < -0.4 is 21.1 Å². The highest BCUT2D eigenvalue weighted by molar-refractivity contribution is 6.03. The minimum atomic E-state index is -0.418. The summed E-state index contributed by atoms with van der Waals surface area (Å²) in [6, 6.07) is 9.34. The monoisotopic (exact) mass is 285 g/mol. The third kappa shape index (κ3) is 2.58. The van der Waals surface area contributed by atoms with E-state index in [1.165, 1.54) is 7.11 Å². The van der Waals surface area contributed by atoms with E-state index in [0.29, 0.717) is 17.9 Å². The second-order valence-electron chi connectivity index (χ2n) is 4.69. The Morgan fingerprint density at radius 3 is 2.76 bits per heavy atom. The highest BCUT2D eigenvalue weighted by Gasteiger charge is 2.29. The normalized spacial score (nSPS) is 16.6. The number of nitrogens with zero attached hydrogens (tertiary/aromatic N) is 2. The number of methoxy groups -OCH3 is 1. The fourth-order valence-electron chi connectivity index (χ4n) is 2.26. The molecule has 0 spiro atoms. The lowest BCUT2D eigenvalue weighted by Crippen LogP contribution is -2.41. The van der Waals surface area contributed by atoms with Crippen molar-refractivity contribution in [3.05, 3.63) is 35.9 Å². The van der Waals surface area contributed by atoms with E-state index < -0.39 is 6.04 Å². The molecule has 4 N–H and O–H groups in total. The topological polar surface area (TPSA) is 102 Å². The summed E-state index contributed by atoms with van der Waals surface area (Å²) < 4.78 is 5.11. The summed E-state index contributed by atoms with van der Waals surface area (Å²) in [5, 5.41) is 5.86. The number of carbonyl (C=O) groups excluding carboxylic acids is 1. The van der Waals surface area contributed by atoms with Crippen LogP contribution in [0.2, 0.25) is 0 Å². The molecule has 0 radical (unpaired) electrons. The van der Waals surface area contributed by atoms with Crippen molar-refractivity contribution in [1.29, 1.82) is 0 Å². The molecule has 7 heteroatoms. The summed E-state index contributed by atoms with van der Waals surface area (Å²) in [6.45, 7) is 0. The zero-order chi connectivity index (χ0) is 14.8. The molecule has 0 fully saturated rings. The standard InChI is InChI=1S/C14H15N5O2/c1-21-13-10-11(18-14(15)19-13)16-9(12(20)17-10)7-8-5-3-2-4-6-8/h2-6,9H,7H2,1H3,(H,17,20)(H3,15,16,18,19)/t9-/m0/s1. The van der Waals surface area contributed by atoms with Gasteiger partial charge in [-0.2, -0.15) is 9.97 Å². The number of fused-ring (bicyclic) bond motifs is 1. The van der Waals surface area contributed by atoms with Gasteiger partial charge in [0.25, 0.3) is 0 Å². The molecule has 1 aliphatic heterocycles. The van der Waals surface area contributed by atoms with Gasteiger partial charge in [0.15, 0.2) is 5.82 Å². The molecule has 2 aromatic rings. The smallest absolute Gasteiger partial charge is 0.247 e. The third-order valence-corrected chi connectivity index (χ3v) is 3.24. The number of hydrogen-bond acceptors (Lipinski definition) is 6. The zero-order valence-electron chi connectivity index (χ0n) is 11.5. The first-order chi connectivity index (χ1) is 10.2. The lowest BCUT2D eigenvalue weighted by Gasteiger charge is -2.26. The van der Waals surface area contributed by atoms with Gasteiger partial charge >= 0.3 is 0 Å². The van der Waals surface area contributed by atoms with Gasteiger partial charge in [-0.25, -0.2) is 0 Å². The van der Waals surface area contributed by atoms with E-state index in [9.17, 15) is 4.79 Å². The maximum Gasteiger partial charge on any atom is 0.247 e. The number of nitrogen functional groups attached to an aromatic ring is 1. The van der Waals surface area contributed by atoms with Crippen LogP contribution in [0.3, 0.4) is 0 Å². The van der Waals surface area contributed by atoms with Gasteiger partial charge in [-0.3, -0.25) is 4.79 Å². The van der Waals surface area contributed by atoms with Gasteiger partial charge in [0.05, 0.1) is 7.11 Å². The second kappa shape index (κ2) is 5.28. The number of carbonyl (C=O) groups is 1. The highest BCUT2D eigenvalue weighted by atomic mass is 16.5. The van der Waals surface area contributed by atoms with E-state index in [1.54, 1.807) is 0 Å². The molecule has 108 valence electrons. The Morgan fingerprint density at radius 1 is 1.29 bits per heavy atom. The van der Waals surface area contributed by atoms with Crippen LogP contribution >= 0.6 is 0 Å². The van der Waals surface area contributed by atoms with Gasteiger partial charge in [0, 0.05) is 6.42 Å². The largest absolute Gasteiger partial charge is 0.479 e. The fourth-order valence-corrected chi connectivity index (χ4v) is 2.26. The summed E-state index contributed by atoms with van der Waals surface area (Å²) >= 11 is 0. The van der Waals surface area contributed by atoms with Gasteiger partial charge in [-0.15, -0.1) is 0 Å². The van der Waals surface area contributed by atoms with Crippen LogP contribution in [0.15, 0.2) is 30.3 Å². The first-order valence-corrected chi connectivity index (χ1v) is 6.50. The quantitative estimate of drug-likeness (QED) is 0.779. The van der Waals surface area contributed by atoms with Crippen molar-refractivity contribution in [2.24, 2.45) is 0 Å². The number of amides is 1. The van der Waals surface area contributed by atoms with Crippen LogP contribution in [0.25, 0.3) is 0 Å². The number of benzene rings is 1. The summed E-state index contributed by atoms with van der Waals surface area (Å²) in [6.07, 6.45) is 0.554. The molecule has 0 unspecified atom stereocenters. The Balaban J connectivity index is 1.88. The molecule has 2 heterocycles. The lowest BCUT2D eigenvalue weighted by molar-refractivity contribution is -0.117. The first-order valence-electron chi connectivity index (χ1n) is 6.50. The van der Waals surface area contributed by atoms with Gasteiger partial charge in [0.1, 0.15) is 11.7 Å². The lowest BCUT2D eigenvalue weighted by atomic mass is 10.0. The van der Waals surface area contributed by atoms with Gasteiger partial charge < -0.3 is 21.1 Å². The number of anilines is 3. The van der Waals surface area contributed by atoms with Crippen molar-refractivity contribution < 1.29 is 9.53 Å². The van der Waals surface area contributed by atoms with Crippen molar-refractivity contribution >= 4 is 23.4 Å². The molecule has 1 amide bonds. The van der Waals surface area contributed by atoms with E-state index in [4.69, 9.17) is 10.5 Å². The minimum absolute atomic E-state index is 0.0905. The van der Waals surface area contributed by atoms with Crippen molar-refractivity contribution in [3.8, 4) is 5.88 Å². The van der Waals surface area contributed by atoms with Gasteiger partial charge in [-0.05, 0) is 5.56 Å². The Morgan fingerprint density at radius 2 is 2.05 bits per heavy atom. The molecule has 0 bridgehead atoms. The number of ether oxygens (including phenoxy) is 1. The molecule has 1 atom stereocenters. The second-order valence-corrected chi connectivity index (χ2v) is 4.69. The average Bonchev–Trinajstić information content (AvgIpc) is 2.49. The molecule has 0 saturated heterocycles. The van der Waals surface area contributed by atoms with E-state index in [1.807, 2.05) is 30.3 Å². The predicted octanol–water partition coefficient (Wildman–Crippen LogP) is 1.04. The van der Waals surface area contributed by atoms with Crippen molar-refractivity contribution in [2.45, 2.75) is 12.5 Å². The van der Waals surface area contributed by atoms with Crippen molar-refractivity contribution in [1.82, 2.24) is 9.97 Å². The van der Waals surface area contributed by atoms with E-state index in [2.05, 4.69) is 20.6 Å². The molecule has 3 rings (SSSR count). The van der Waals surface area contributed by atoms with Crippen LogP contribution in [0, 0.1) is 0 Å². The molecular formula is C14H15N5O2. The molecule has 21 heavy (non-hydrogen) atoms. The maximum atomic E-state index is 12.2. The minimum Gasteiger partial charge on any atom is -0.479 e. The van der Waals surface area contributed by atoms with Crippen molar-refractivity contribution in [2.75, 3.05) is 23.5 Å². The van der Waals surface area contributed by atoms with Gasteiger partial charge in [-0.1, -0.05) is 30.3 Å². The molecule has 0 aliphatic carbocycles. The van der Waals surface area contributed by atoms with Gasteiger partial charge in [0.2, 0.25) is 17.7 Å². The molecular weight excluding hydrogens is 270 g/mol. The fraction of sp³-hybridized carbons (Fsp3) is 0.214. The van der Waals surface area contributed by atoms with Crippen LogP contribution in [-0.2, 0) is 11.2 Å². The molecule has 7 nitrogen and oxygen atoms in total. The number of hydrogen-bond donors (Lipinski definition) is 3. The summed E-state index contributed by atoms with van der Waals surface area (Å²) in [4.78, 5) is 20.2. The van der Waals surface area contributed by atoms with Crippen LogP contribution in [0.5, 0.6) is 5.88 Å². The van der Waals surface area contributed by atoms with Crippen molar-refractivity contribution in [3.63, 3.8) is 0 Å². The van der Waals surface area contributed by atoms with Crippen LogP contribution in [-0.4, -0.2) is 29.0 Å². The SMILES string of the molecule is COc1nc(N)nc2c1NC(=O)[C@H](Cc1ccccc1)N2. The Bertz CT molecular complexity index is 675. The molecule has 1 aromatic carbocycles. The number of nitrogens with one attached hydrogen (secondary N) is 2. The Hall–Kier alpha value is -2.83. The van der Waals surface area contributed by atoms with Crippen LogP contribution in [0.1, 0.15) is 5.56 Å². The maximum absolute atomic E-state index is 12.2. The number of nitrogens with two attached hydrogens (primary N) is 1. The first kappa shape index (κ1) is 13.2. The summed E-state index contributed by atoms with van der Waals surface area (Å²) in [5.74, 6) is 0.655. The predicted molar refractivity (Wildman–Crippen MR) is 79.2 cm³/mol. The highest BCUT2D eigenvalue weighted by Crippen LogP contribution is 2.33. The molecule has 0 saturated carbocycles. The third-order valence-electron chi connectivity index (χ3n) is 3.24. The molecule has 1 aliphatic rings. The summed E-state index contributed by atoms with van der Waals surface area (Å²) in [5.41, 5.74) is 7.11. The zero-order valence-corrected chi connectivity index (χ0v) is 11.5. The Labute approximate surface area is 121 Å². The van der Waals surface area contributed by atoms with E-state index >= 15 is 0 Å². The number of aromatic nitrogens is 2. The van der Waals surface area contributed by atoms with E-state index in [0.717, 1.165) is 5.56 Å². The Kier molecular flexibility index (Phi) is 3.31. The average molecular weight is 285 g/mol. The molecule has 1 aromatic heterocycles. The van der Waals surface area contributed by atoms with Crippen LogP contribution in [0.4, 0.5) is 17.5 Å².